The number of pyridine rings is 1. The third-order valence-electron chi connectivity index (χ3n) is 5.44. The molecular formula is C21H26N2O3. The van der Waals surface area contributed by atoms with Gasteiger partial charge in [-0.15, -0.1) is 0 Å². The Kier molecular flexibility index (Phi) is 5.09. The molecule has 0 radical (unpaired) electrons. The fraction of sp³-hybridized carbons (Fsp3) is 0.476. The van der Waals surface area contributed by atoms with Crippen LogP contribution in [0, 0.1) is 0 Å². The average Bonchev–Trinajstić information content (AvgIpc) is 3.07. The van der Waals surface area contributed by atoms with Crippen LogP contribution in [-0.2, 0) is 11.3 Å². The fourth-order valence-corrected chi connectivity index (χ4v) is 3.94. The molecule has 3 heterocycles. The molecule has 0 aliphatic carbocycles. The Bertz CT molecular complexity index is 697. The second-order valence-electron chi connectivity index (χ2n) is 7.25. The van der Waals surface area contributed by atoms with Gasteiger partial charge in [-0.05, 0) is 42.7 Å². The number of rotatable bonds is 5. The summed E-state index contributed by atoms with van der Waals surface area (Å²) in [7, 11) is 1.70. The summed E-state index contributed by atoms with van der Waals surface area (Å²) < 4.78 is 17.5. The molecule has 2 fully saturated rings. The van der Waals surface area contributed by atoms with Gasteiger partial charge < -0.3 is 14.2 Å². The maximum atomic E-state index is 6.21. The van der Waals surface area contributed by atoms with Crippen LogP contribution in [0.2, 0.25) is 0 Å². The van der Waals surface area contributed by atoms with E-state index in [1.165, 1.54) is 5.56 Å². The van der Waals surface area contributed by atoms with E-state index in [0.29, 0.717) is 6.61 Å². The quantitative estimate of drug-likeness (QED) is 0.824. The third kappa shape index (κ3) is 4.00. The Balaban J connectivity index is 1.28. The van der Waals surface area contributed by atoms with Crippen LogP contribution in [0.1, 0.15) is 24.8 Å². The lowest BCUT2D eigenvalue weighted by molar-refractivity contribution is -0.0454. The Morgan fingerprint density at radius 2 is 1.96 bits per heavy atom. The standard InChI is InChI=1S/C21H26N2O3/c1-24-18-6-4-17(5-7-18)15-23-11-8-21(9-12-23)13-20(16-25-21)26-19-3-2-10-22-14-19/h2-7,10,14,20H,8-9,11-13,15-16H2,1H3/t20-/m0/s1. The van der Waals surface area contributed by atoms with Crippen molar-refractivity contribution < 1.29 is 14.2 Å². The van der Waals surface area contributed by atoms with Crippen LogP contribution in [0.25, 0.3) is 0 Å². The van der Waals surface area contributed by atoms with E-state index in [0.717, 1.165) is 50.4 Å². The zero-order chi connectivity index (χ0) is 17.8. The van der Waals surface area contributed by atoms with E-state index in [-0.39, 0.29) is 11.7 Å². The molecule has 4 rings (SSSR count). The molecule has 0 N–H and O–H groups in total. The number of hydrogen-bond donors (Lipinski definition) is 0. The highest BCUT2D eigenvalue weighted by molar-refractivity contribution is 5.27. The Labute approximate surface area is 154 Å². The van der Waals surface area contributed by atoms with Crippen molar-refractivity contribution in [1.29, 1.82) is 0 Å². The number of ether oxygens (including phenoxy) is 3. The first-order chi connectivity index (χ1) is 12.7. The van der Waals surface area contributed by atoms with Gasteiger partial charge in [0.2, 0.25) is 0 Å². The van der Waals surface area contributed by atoms with Crippen LogP contribution in [0.5, 0.6) is 11.5 Å². The highest BCUT2D eigenvalue weighted by atomic mass is 16.6. The van der Waals surface area contributed by atoms with Crippen LogP contribution in [0.4, 0.5) is 0 Å². The minimum absolute atomic E-state index is 0.0106. The lowest BCUT2D eigenvalue weighted by Crippen LogP contribution is -2.44. The molecular weight excluding hydrogens is 328 g/mol. The number of methoxy groups -OCH3 is 1. The van der Waals surface area contributed by atoms with Crippen LogP contribution in [0.3, 0.4) is 0 Å². The number of nitrogens with zero attached hydrogens (tertiary/aromatic N) is 2. The molecule has 2 saturated heterocycles. The molecule has 0 saturated carbocycles. The first-order valence-corrected chi connectivity index (χ1v) is 9.31. The van der Waals surface area contributed by atoms with Crippen molar-refractivity contribution in [3.8, 4) is 11.5 Å². The second-order valence-corrected chi connectivity index (χ2v) is 7.25. The topological polar surface area (TPSA) is 43.8 Å². The minimum atomic E-state index is -0.0106. The van der Waals surface area contributed by atoms with Crippen molar-refractivity contribution in [1.82, 2.24) is 9.88 Å². The van der Waals surface area contributed by atoms with E-state index in [1.54, 1.807) is 19.5 Å². The van der Waals surface area contributed by atoms with Gasteiger partial charge in [-0.25, -0.2) is 0 Å². The SMILES string of the molecule is COc1ccc(CN2CCC3(CC2)C[C@H](Oc2cccnc2)CO3)cc1. The summed E-state index contributed by atoms with van der Waals surface area (Å²) in [4.78, 5) is 6.62. The van der Waals surface area contributed by atoms with Gasteiger partial charge in [0.05, 0.1) is 25.5 Å². The maximum absolute atomic E-state index is 6.21. The molecule has 1 aromatic carbocycles. The van der Waals surface area contributed by atoms with Crippen molar-refractivity contribution >= 4 is 0 Å². The summed E-state index contributed by atoms with van der Waals surface area (Å²) in [5, 5.41) is 0. The van der Waals surface area contributed by atoms with E-state index in [4.69, 9.17) is 14.2 Å². The van der Waals surface area contributed by atoms with E-state index < -0.39 is 0 Å². The number of aromatic nitrogens is 1. The summed E-state index contributed by atoms with van der Waals surface area (Å²) in [6.07, 6.45) is 6.76. The molecule has 138 valence electrons. The zero-order valence-electron chi connectivity index (χ0n) is 15.3. The summed E-state index contributed by atoms with van der Waals surface area (Å²) >= 11 is 0. The van der Waals surface area contributed by atoms with Crippen LogP contribution < -0.4 is 9.47 Å². The van der Waals surface area contributed by atoms with Crippen molar-refractivity contribution in [2.75, 3.05) is 26.8 Å². The summed E-state index contributed by atoms with van der Waals surface area (Å²) in [6, 6.07) is 12.2. The first kappa shape index (κ1) is 17.3. The van der Waals surface area contributed by atoms with Gasteiger partial charge in [0, 0.05) is 32.3 Å². The van der Waals surface area contributed by atoms with Crippen LogP contribution >= 0.6 is 0 Å². The van der Waals surface area contributed by atoms with Crippen molar-refractivity contribution in [3.63, 3.8) is 0 Å². The first-order valence-electron chi connectivity index (χ1n) is 9.31. The maximum Gasteiger partial charge on any atom is 0.138 e. The summed E-state index contributed by atoms with van der Waals surface area (Å²) in [5.74, 6) is 1.74. The predicted molar refractivity (Wildman–Crippen MR) is 99.5 cm³/mol. The molecule has 0 bridgehead atoms. The molecule has 0 amide bonds. The van der Waals surface area contributed by atoms with Crippen LogP contribution in [-0.4, -0.2) is 48.4 Å². The van der Waals surface area contributed by atoms with Crippen LogP contribution in [0.15, 0.2) is 48.8 Å². The minimum Gasteiger partial charge on any atom is -0.497 e. The lowest BCUT2D eigenvalue weighted by Gasteiger charge is -2.38. The highest BCUT2D eigenvalue weighted by Gasteiger charge is 2.43. The largest absolute Gasteiger partial charge is 0.497 e. The molecule has 0 unspecified atom stereocenters. The fourth-order valence-electron chi connectivity index (χ4n) is 3.94. The van der Waals surface area contributed by atoms with Gasteiger partial charge in [-0.3, -0.25) is 9.88 Å². The van der Waals surface area contributed by atoms with Gasteiger partial charge in [-0.2, -0.15) is 0 Å². The number of piperidine rings is 1. The normalized spacial score (nSPS) is 22.4. The van der Waals surface area contributed by atoms with Gasteiger partial charge in [0.25, 0.3) is 0 Å². The predicted octanol–water partition coefficient (Wildman–Crippen LogP) is 3.29. The lowest BCUT2D eigenvalue weighted by atomic mass is 9.88. The number of benzene rings is 1. The number of likely N-dealkylation sites (tertiary alicyclic amines) is 1. The van der Waals surface area contributed by atoms with Crippen molar-refractivity contribution in [2.45, 2.75) is 37.5 Å². The molecule has 2 aliphatic rings. The Hall–Kier alpha value is -2.11. The van der Waals surface area contributed by atoms with Crippen molar-refractivity contribution in [3.05, 3.63) is 54.4 Å². The third-order valence-corrected chi connectivity index (χ3v) is 5.44. The van der Waals surface area contributed by atoms with E-state index in [1.807, 2.05) is 24.3 Å². The smallest absolute Gasteiger partial charge is 0.138 e. The van der Waals surface area contributed by atoms with E-state index in [9.17, 15) is 0 Å². The molecule has 1 spiro atoms. The van der Waals surface area contributed by atoms with Crippen molar-refractivity contribution in [2.24, 2.45) is 0 Å². The highest BCUT2D eigenvalue weighted by Crippen LogP contribution is 2.37. The molecule has 2 aliphatic heterocycles. The second kappa shape index (κ2) is 7.64. The van der Waals surface area contributed by atoms with Gasteiger partial charge in [0.15, 0.2) is 0 Å². The molecule has 2 aromatic rings. The molecule has 5 nitrogen and oxygen atoms in total. The zero-order valence-corrected chi connectivity index (χ0v) is 15.3. The number of hydrogen-bond acceptors (Lipinski definition) is 5. The molecule has 1 atom stereocenters. The van der Waals surface area contributed by atoms with E-state index in [2.05, 4.69) is 22.0 Å². The molecule has 1 aromatic heterocycles. The van der Waals surface area contributed by atoms with Gasteiger partial charge >= 0.3 is 0 Å². The monoisotopic (exact) mass is 354 g/mol. The van der Waals surface area contributed by atoms with E-state index >= 15 is 0 Å². The molecule has 26 heavy (non-hydrogen) atoms. The Morgan fingerprint density at radius 3 is 2.65 bits per heavy atom. The van der Waals surface area contributed by atoms with Gasteiger partial charge in [-0.1, -0.05) is 12.1 Å². The van der Waals surface area contributed by atoms with Gasteiger partial charge in [0.1, 0.15) is 17.6 Å². The molecule has 5 heteroatoms. The summed E-state index contributed by atoms with van der Waals surface area (Å²) in [5.41, 5.74) is 1.32. The Morgan fingerprint density at radius 1 is 1.15 bits per heavy atom. The summed E-state index contributed by atoms with van der Waals surface area (Å²) in [6.45, 7) is 3.78. The average molecular weight is 354 g/mol.